The van der Waals surface area contributed by atoms with Crippen molar-refractivity contribution in [3.05, 3.63) is 72.6 Å². The zero-order chi connectivity index (χ0) is 24.3. The topological polar surface area (TPSA) is 98.6 Å². The minimum absolute atomic E-state index is 0.0412. The maximum Gasteiger partial charge on any atom is 0.159 e. The number of aliphatic hydroxyl groups is 1. The third-order valence-electron chi connectivity index (χ3n) is 6.77. The molecule has 0 unspecified atom stereocenters. The monoisotopic (exact) mass is 469 g/mol. The van der Waals surface area contributed by atoms with Crippen LogP contribution < -0.4 is 10.5 Å². The van der Waals surface area contributed by atoms with E-state index >= 15 is 4.39 Å². The first-order valence-electron chi connectivity index (χ1n) is 11.4. The van der Waals surface area contributed by atoms with Gasteiger partial charge in [-0.1, -0.05) is 30.3 Å². The Morgan fingerprint density at radius 3 is 2.63 bits per heavy atom. The number of pyridine rings is 1. The Morgan fingerprint density at radius 2 is 1.91 bits per heavy atom. The third-order valence-corrected chi connectivity index (χ3v) is 6.77. The number of hydrogen-bond donors (Lipinski definition) is 2. The van der Waals surface area contributed by atoms with Crippen molar-refractivity contribution in [2.45, 2.75) is 31.3 Å². The van der Waals surface area contributed by atoms with Crippen molar-refractivity contribution in [2.24, 2.45) is 0 Å². The van der Waals surface area contributed by atoms with Crippen LogP contribution >= 0.6 is 0 Å². The van der Waals surface area contributed by atoms with Crippen LogP contribution in [0, 0.1) is 5.82 Å². The molecule has 2 aromatic carbocycles. The van der Waals surface area contributed by atoms with Crippen molar-refractivity contribution in [3.63, 3.8) is 0 Å². The molecule has 3 aromatic heterocycles. The van der Waals surface area contributed by atoms with E-state index in [9.17, 15) is 5.11 Å². The fourth-order valence-electron chi connectivity index (χ4n) is 5.08. The molecule has 1 aliphatic rings. The summed E-state index contributed by atoms with van der Waals surface area (Å²) in [7, 11) is 1.56. The van der Waals surface area contributed by atoms with Gasteiger partial charge in [0.25, 0.3) is 0 Å². The van der Waals surface area contributed by atoms with E-state index in [2.05, 4.69) is 9.97 Å². The van der Waals surface area contributed by atoms with Gasteiger partial charge in [0.05, 0.1) is 18.4 Å². The van der Waals surface area contributed by atoms with Crippen molar-refractivity contribution < 1.29 is 14.2 Å². The zero-order valence-corrected chi connectivity index (χ0v) is 19.4. The summed E-state index contributed by atoms with van der Waals surface area (Å²) in [6.07, 6.45) is 4.53. The largest absolute Gasteiger partial charge is 0.496 e. The molecule has 1 fully saturated rings. The molecule has 0 aliphatic heterocycles. The molecule has 176 valence electrons. The number of halogens is 1. The zero-order valence-electron chi connectivity index (χ0n) is 19.4. The Labute approximate surface area is 201 Å². The first kappa shape index (κ1) is 21.5. The number of methoxy groups -OCH3 is 1. The Hall–Kier alpha value is -4.04. The maximum atomic E-state index is 16.2. The van der Waals surface area contributed by atoms with Gasteiger partial charge in [-0.15, -0.1) is 0 Å². The van der Waals surface area contributed by atoms with Crippen molar-refractivity contribution >= 4 is 22.2 Å². The van der Waals surface area contributed by atoms with Gasteiger partial charge in [-0.05, 0) is 31.9 Å². The average molecular weight is 470 g/mol. The molecular weight excluding hydrogens is 445 g/mol. The number of aromatic nitrogens is 4. The van der Waals surface area contributed by atoms with Crippen LogP contribution in [0.4, 0.5) is 10.2 Å². The summed E-state index contributed by atoms with van der Waals surface area (Å²) in [4.78, 5) is 13.7. The average Bonchev–Trinajstić information content (AvgIpc) is 3.23. The molecule has 0 spiro atoms. The van der Waals surface area contributed by atoms with Crippen molar-refractivity contribution in [1.82, 2.24) is 19.4 Å². The van der Waals surface area contributed by atoms with E-state index in [0.717, 1.165) is 11.4 Å². The van der Waals surface area contributed by atoms with Gasteiger partial charge in [0.2, 0.25) is 0 Å². The smallest absolute Gasteiger partial charge is 0.159 e. The molecule has 0 saturated heterocycles. The van der Waals surface area contributed by atoms with E-state index in [-0.39, 0.29) is 22.8 Å². The number of nitrogens with zero attached hydrogens (tertiary/aromatic N) is 4. The maximum absolute atomic E-state index is 16.2. The summed E-state index contributed by atoms with van der Waals surface area (Å²) in [5, 5.41) is 10.8. The number of hydrogen-bond acceptors (Lipinski definition) is 6. The predicted molar refractivity (Wildman–Crippen MR) is 133 cm³/mol. The van der Waals surface area contributed by atoms with Crippen LogP contribution in [0.25, 0.3) is 38.9 Å². The highest BCUT2D eigenvalue weighted by molar-refractivity contribution is 5.94. The number of nitrogen functional groups attached to an aromatic ring is 1. The van der Waals surface area contributed by atoms with Gasteiger partial charge < -0.3 is 15.6 Å². The summed E-state index contributed by atoms with van der Waals surface area (Å²) in [6.45, 7) is 1.81. The van der Waals surface area contributed by atoms with Gasteiger partial charge in [0.1, 0.15) is 34.1 Å². The van der Waals surface area contributed by atoms with E-state index in [1.807, 2.05) is 47.7 Å². The van der Waals surface area contributed by atoms with E-state index in [0.29, 0.717) is 40.9 Å². The van der Waals surface area contributed by atoms with Crippen LogP contribution in [0.1, 0.15) is 31.5 Å². The predicted octanol–water partition coefficient (Wildman–Crippen LogP) is 4.97. The molecule has 1 saturated carbocycles. The summed E-state index contributed by atoms with van der Waals surface area (Å²) in [5.41, 5.74) is 8.42. The Morgan fingerprint density at radius 1 is 1.14 bits per heavy atom. The molecule has 7 nitrogen and oxygen atoms in total. The number of anilines is 1. The lowest BCUT2D eigenvalue weighted by atomic mass is 9.72. The second kappa shape index (κ2) is 7.74. The lowest BCUT2D eigenvalue weighted by molar-refractivity contribution is -0.0335. The second-order valence-electron chi connectivity index (χ2n) is 9.35. The van der Waals surface area contributed by atoms with Crippen LogP contribution in [0.3, 0.4) is 0 Å². The molecule has 3 N–H and O–H groups in total. The molecule has 6 rings (SSSR count). The van der Waals surface area contributed by atoms with Crippen molar-refractivity contribution in [2.75, 3.05) is 12.8 Å². The van der Waals surface area contributed by atoms with E-state index in [1.165, 1.54) is 0 Å². The second-order valence-corrected chi connectivity index (χ2v) is 9.35. The van der Waals surface area contributed by atoms with Gasteiger partial charge >= 0.3 is 0 Å². The standard InChI is InChI=1S/C27H24FN5O2/c1-27(34)13-16(14-27)26-32-23(24-25(29)30-10-11-33(24)26)18-9-8-17-20(35-2)12-19(31-22(17)21(18)28)15-6-4-3-5-7-15/h3-12,16,34H,13-14H2,1-2H3,(H2,29,30). The first-order valence-corrected chi connectivity index (χ1v) is 11.4. The van der Waals surface area contributed by atoms with E-state index in [1.54, 1.807) is 31.6 Å². The Bertz CT molecular complexity index is 1590. The van der Waals surface area contributed by atoms with Gasteiger partial charge in [0, 0.05) is 40.9 Å². The lowest BCUT2D eigenvalue weighted by Crippen LogP contribution is -2.40. The summed E-state index contributed by atoms with van der Waals surface area (Å²) < 4.78 is 23.6. The third kappa shape index (κ3) is 3.40. The highest BCUT2D eigenvalue weighted by Gasteiger charge is 2.42. The molecule has 8 heteroatoms. The number of imidazole rings is 1. The van der Waals surface area contributed by atoms with E-state index in [4.69, 9.17) is 15.5 Å². The quantitative estimate of drug-likeness (QED) is 0.386. The minimum atomic E-state index is -0.724. The molecule has 3 heterocycles. The lowest BCUT2D eigenvalue weighted by Gasteiger charge is -2.40. The van der Waals surface area contributed by atoms with Crippen LogP contribution in [0.15, 0.2) is 60.9 Å². The van der Waals surface area contributed by atoms with Crippen LogP contribution in [0.2, 0.25) is 0 Å². The molecule has 0 bridgehead atoms. The fraction of sp³-hybridized carbons (Fsp3) is 0.222. The summed E-state index contributed by atoms with van der Waals surface area (Å²) >= 11 is 0. The van der Waals surface area contributed by atoms with Crippen LogP contribution in [-0.2, 0) is 0 Å². The SMILES string of the molecule is COc1cc(-c2ccccc2)nc2c(F)c(-c3nc(C4CC(C)(O)C4)n4ccnc(N)c34)ccc12. The summed E-state index contributed by atoms with van der Waals surface area (Å²) in [5.74, 6) is 1.06. The molecule has 0 atom stereocenters. The Kier molecular flexibility index (Phi) is 4.76. The first-order chi connectivity index (χ1) is 16.9. The highest BCUT2D eigenvalue weighted by atomic mass is 19.1. The number of nitrogens with two attached hydrogens (primary N) is 1. The van der Waals surface area contributed by atoms with Crippen molar-refractivity contribution in [3.8, 4) is 28.3 Å². The number of fused-ring (bicyclic) bond motifs is 2. The molecule has 0 amide bonds. The summed E-state index contributed by atoms with van der Waals surface area (Å²) in [6, 6.07) is 14.9. The van der Waals surface area contributed by atoms with E-state index < -0.39 is 11.4 Å². The normalized spacial score (nSPS) is 19.7. The van der Waals surface area contributed by atoms with Crippen LogP contribution in [0.5, 0.6) is 5.75 Å². The minimum Gasteiger partial charge on any atom is -0.496 e. The van der Waals surface area contributed by atoms with Crippen molar-refractivity contribution in [1.29, 1.82) is 0 Å². The number of benzene rings is 2. The Balaban J connectivity index is 1.58. The molecule has 35 heavy (non-hydrogen) atoms. The number of ether oxygens (including phenoxy) is 1. The highest BCUT2D eigenvalue weighted by Crippen LogP contribution is 2.46. The van der Waals surface area contributed by atoms with Gasteiger partial charge in [-0.25, -0.2) is 19.3 Å². The molecule has 1 aliphatic carbocycles. The van der Waals surface area contributed by atoms with Gasteiger partial charge in [-0.2, -0.15) is 0 Å². The van der Waals surface area contributed by atoms with Gasteiger partial charge in [0.15, 0.2) is 5.82 Å². The molecular formula is C27H24FN5O2. The van der Waals surface area contributed by atoms with Gasteiger partial charge in [-0.3, -0.25) is 4.40 Å². The fourth-order valence-corrected chi connectivity index (χ4v) is 5.08. The molecule has 5 aromatic rings. The van der Waals surface area contributed by atoms with Crippen LogP contribution in [-0.4, -0.2) is 37.2 Å². The number of rotatable bonds is 4. The molecule has 0 radical (unpaired) electrons.